The molecule has 0 fully saturated rings. The van der Waals surface area contributed by atoms with Crippen molar-refractivity contribution in [2.75, 3.05) is 0 Å². The van der Waals surface area contributed by atoms with Crippen LogP contribution < -0.4 is 0 Å². The van der Waals surface area contributed by atoms with Crippen molar-refractivity contribution in [3.05, 3.63) is 23.7 Å². The van der Waals surface area contributed by atoms with E-state index in [0.29, 0.717) is 5.52 Å². The number of rotatable bonds is 1. The summed E-state index contributed by atoms with van der Waals surface area (Å²) in [6.07, 6.45) is 0. The van der Waals surface area contributed by atoms with Gasteiger partial charge in [-0.05, 0) is 30.0 Å². The Morgan fingerprint density at radius 1 is 1.29 bits per heavy atom. The largest absolute Gasteiger partial charge is 0.446 e. The third-order valence-corrected chi connectivity index (χ3v) is 3.07. The molecule has 2 aromatic rings. The first kappa shape index (κ1) is 9.79. The van der Waals surface area contributed by atoms with Crippen LogP contribution in [0.5, 0.6) is 0 Å². The van der Waals surface area contributed by atoms with Crippen LogP contribution in [0.15, 0.2) is 28.6 Å². The normalized spacial score (nSPS) is 12.2. The van der Waals surface area contributed by atoms with E-state index in [0.717, 1.165) is 4.70 Å². The summed E-state index contributed by atoms with van der Waals surface area (Å²) in [5.74, 6) is 0. The summed E-state index contributed by atoms with van der Waals surface area (Å²) in [7, 11) is 0. The van der Waals surface area contributed by atoms with Crippen LogP contribution in [0, 0.1) is 0 Å². The Balaban J connectivity index is 2.35. The van der Waals surface area contributed by atoms with Gasteiger partial charge in [0, 0.05) is 4.90 Å². The quantitative estimate of drug-likeness (QED) is 0.695. The number of nitrogens with zero attached hydrogens (tertiary/aromatic N) is 1. The predicted octanol–water partition coefficient (Wildman–Crippen LogP) is 3.91. The molecule has 0 atom stereocenters. The van der Waals surface area contributed by atoms with Gasteiger partial charge >= 0.3 is 5.51 Å². The highest BCUT2D eigenvalue weighted by Crippen LogP contribution is 2.37. The van der Waals surface area contributed by atoms with Gasteiger partial charge in [-0.3, -0.25) is 0 Å². The number of alkyl halides is 3. The van der Waals surface area contributed by atoms with E-state index in [1.54, 1.807) is 11.6 Å². The molecule has 0 radical (unpaired) electrons. The molecule has 0 aliphatic rings. The molecule has 0 bridgehead atoms. The summed E-state index contributed by atoms with van der Waals surface area (Å²) in [6.45, 7) is 0. The van der Waals surface area contributed by atoms with Crippen LogP contribution in [0.25, 0.3) is 10.2 Å². The van der Waals surface area contributed by atoms with Gasteiger partial charge in [-0.15, -0.1) is 11.3 Å². The van der Waals surface area contributed by atoms with E-state index in [1.165, 1.54) is 23.5 Å². The van der Waals surface area contributed by atoms with Crippen molar-refractivity contribution in [3.63, 3.8) is 0 Å². The number of thioether (sulfide) groups is 1. The van der Waals surface area contributed by atoms with E-state index in [4.69, 9.17) is 0 Å². The monoisotopic (exact) mass is 235 g/mol. The first-order valence-electron chi connectivity index (χ1n) is 3.63. The Labute approximate surface area is 86.0 Å². The maximum atomic E-state index is 12.0. The van der Waals surface area contributed by atoms with Crippen LogP contribution in [-0.4, -0.2) is 10.5 Å². The van der Waals surface area contributed by atoms with Gasteiger partial charge in [-0.25, -0.2) is 4.98 Å². The van der Waals surface area contributed by atoms with Crippen molar-refractivity contribution in [2.24, 2.45) is 0 Å². The van der Waals surface area contributed by atoms with Gasteiger partial charge in [0.15, 0.2) is 0 Å². The molecule has 14 heavy (non-hydrogen) atoms. The fourth-order valence-electron chi connectivity index (χ4n) is 1.03. The van der Waals surface area contributed by atoms with Gasteiger partial charge in [0.05, 0.1) is 15.7 Å². The lowest BCUT2D eigenvalue weighted by molar-refractivity contribution is -0.0328. The van der Waals surface area contributed by atoms with Crippen molar-refractivity contribution >= 4 is 33.3 Å². The highest BCUT2D eigenvalue weighted by molar-refractivity contribution is 8.00. The van der Waals surface area contributed by atoms with Gasteiger partial charge in [0.25, 0.3) is 0 Å². The maximum absolute atomic E-state index is 12.0. The Kier molecular flexibility index (Phi) is 2.40. The second kappa shape index (κ2) is 3.43. The van der Waals surface area contributed by atoms with Crippen LogP contribution in [0.3, 0.4) is 0 Å². The zero-order chi connectivity index (χ0) is 10.2. The molecule has 0 N–H and O–H groups in total. The summed E-state index contributed by atoms with van der Waals surface area (Å²) in [5, 5.41) is 0. The van der Waals surface area contributed by atoms with Crippen molar-refractivity contribution in [1.29, 1.82) is 0 Å². The van der Waals surface area contributed by atoms with Crippen LogP contribution in [-0.2, 0) is 0 Å². The molecular weight excluding hydrogens is 231 g/mol. The van der Waals surface area contributed by atoms with Crippen LogP contribution in [0.1, 0.15) is 0 Å². The van der Waals surface area contributed by atoms with Crippen LogP contribution >= 0.6 is 23.1 Å². The lowest BCUT2D eigenvalue weighted by atomic mass is 10.3. The molecule has 0 aliphatic carbocycles. The molecule has 1 nitrogen and oxygen atoms in total. The maximum Gasteiger partial charge on any atom is 0.446 e. The third kappa shape index (κ3) is 2.19. The number of aromatic nitrogens is 1. The van der Waals surface area contributed by atoms with Crippen LogP contribution in [0.2, 0.25) is 0 Å². The number of hydrogen-bond donors (Lipinski definition) is 0. The van der Waals surface area contributed by atoms with E-state index in [-0.39, 0.29) is 16.7 Å². The molecule has 74 valence electrons. The SMILES string of the molecule is FC(F)(F)Sc1ccc2scnc2c1. The average molecular weight is 235 g/mol. The number of hydrogen-bond acceptors (Lipinski definition) is 3. The Morgan fingerprint density at radius 3 is 2.79 bits per heavy atom. The summed E-state index contributed by atoms with van der Waals surface area (Å²) in [6, 6.07) is 4.56. The van der Waals surface area contributed by atoms with Crippen molar-refractivity contribution < 1.29 is 13.2 Å². The molecule has 0 amide bonds. The van der Waals surface area contributed by atoms with E-state index in [9.17, 15) is 13.2 Å². The number of benzene rings is 1. The molecule has 0 saturated heterocycles. The summed E-state index contributed by atoms with van der Waals surface area (Å²) >= 11 is 1.30. The standard InChI is InChI=1S/C8H4F3NS2/c9-8(10,11)14-5-1-2-7-6(3-5)12-4-13-7/h1-4H. The zero-order valence-corrected chi connectivity index (χ0v) is 8.34. The number of halogens is 3. The first-order valence-corrected chi connectivity index (χ1v) is 5.33. The van der Waals surface area contributed by atoms with E-state index in [1.807, 2.05) is 0 Å². The molecule has 0 spiro atoms. The molecule has 1 heterocycles. The highest BCUT2D eigenvalue weighted by atomic mass is 32.2. The van der Waals surface area contributed by atoms with Gasteiger partial charge in [-0.1, -0.05) is 0 Å². The molecule has 0 aliphatic heterocycles. The van der Waals surface area contributed by atoms with Crippen molar-refractivity contribution in [2.45, 2.75) is 10.4 Å². The summed E-state index contributed by atoms with van der Waals surface area (Å²) in [5.41, 5.74) is -2.00. The molecule has 2 rings (SSSR count). The van der Waals surface area contributed by atoms with E-state index < -0.39 is 5.51 Å². The van der Waals surface area contributed by atoms with E-state index in [2.05, 4.69) is 4.98 Å². The highest BCUT2D eigenvalue weighted by Gasteiger charge is 2.29. The summed E-state index contributed by atoms with van der Waals surface area (Å²) in [4.78, 5) is 4.12. The fraction of sp³-hybridized carbons (Fsp3) is 0.125. The number of thiazole rings is 1. The molecule has 6 heteroatoms. The minimum atomic E-state index is -4.23. The Morgan fingerprint density at radius 2 is 2.07 bits per heavy atom. The number of fused-ring (bicyclic) bond motifs is 1. The van der Waals surface area contributed by atoms with Gasteiger partial charge in [0.1, 0.15) is 0 Å². The second-order valence-electron chi connectivity index (χ2n) is 2.53. The smallest absolute Gasteiger partial charge is 0.245 e. The summed E-state index contributed by atoms with van der Waals surface area (Å²) < 4.78 is 36.9. The molecule has 1 aromatic heterocycles. The zero-order valence-electron chi connectivity index (χ0n) is 6.71. The third-order valence-electron chi connectivity index (χ3n) is 1.54. The van der Waals surface area contributed by atoms with Gasteiger partial charge in [-0.2, -0.15) is 13.2 Å². The second-order valence-corrected chi connectivity index (χ2v) is 4.55. The molecule has 1 aromatic carbocycles. The first-order chi connectivity index (χ1) is 6.54. The Bertz CT molecular complexity index is 449. The minimum absolute atomic E-state index is 0.116. The molecular formula is C8H4F3NS2. The topological polar surface area (TPSA) is 12.9 Å². The minimum Gasteiger partial charge on any atom is -0.245 e. The van der Waals surface area contributed by atoms with Gasteiger partial charge < -0.3 is 0 Å². The molecule has 0 saturated carbocycles. The van der Waals surface area contributed by atoms with Gasteiger partial charge in [0.2, 0.25) is 0 Å². The van der Waals surface area contributed by atoms with Crippen LogP contribution in [0.4, 0.5) is 13.2 Å². The molecule has 0 unspecified atom stereocenters. The Hall–Kier alpha value is -0.750. The average Bonchev–Trinajstić information content (AvgIpc) is 2.47. The predicted molar refractivity (Wildman–Crippen MR) is 51.5 cm³/mol. The lowest BCUT2D eigenvalue weighted by Gasteiger charge is -2.04. The lowest BCUT2D eigenvalue weighted by Crippen LogP contribution is -1.98. The van der Waals surface area contributed by atoms with Crippen molar-refractivity contribution in [3.8, 4) is 0 Å². The van der Waals surface area contributed by atoms with E-state index >= 15 is 0 Å². The van der Waals surface area contributed by atoms with Crippen molar-refractivity contribution in [1.82, 2.24) is 4.98 Å². The fourth-order valence-corrected chi connectivity index (χ4v) is 2.27.